The third-order valence-electron chi connectivity index (χ3n) is 11.2. The number of ketones is 1. The molecule has 0 fully saturated rings. The highest BCUT2D eigenvalue weighted by Crippen LogP contribution is 2.39. The average molecular weight is 753 g/mol. The Morgan fingerprint density at radius 2 is 1.52 bits per heavy atom. The van der Waals surface area contributed by atoms with Crippen LogP contribution in [0.3, 0.4) is 0 Å². The van der Waals surface area contributed by atoms with E-state index in [4.69, 9.17) is 14.3 Å². The number of carbonyl (C=O) groups is 2. The molecule has 0 bridgehead atoms. The predicted molar refractivity (Wildman–Crippen MR) is 229 cm³/mol. The zero-order valence-corrected chi connectivity index (χ0v) is 34.5. The predicted octanol–water partition coefficient (Wildman–Crippen LogP) is 11.8. The van der Waals surface area contributed by atoms with Crippen molar-refractivity contribution in [2.45, 2.75) is 99.6 Å². The SMILES string of the molecule is CCCCC(CC)Cn1c2ccc(/C(=N\OC(C)=O)c3ccccc3OCCC(C)(C)OC)cc2c2cc(C(=O)c3c(C)cc(C)cc3C)c3ccccc3c21. The van der Waals surface area contributed by atoms with Crippen molar-refractivity contribution in [3.63, 3.8) is 0 Å². The van der Waals surface area contributed by atoms with E-state index >= 15 is 0 Å². The maximum atomic E-state index is 14.8. The lowest BCUT2D eigenvalue weighted by Gasteiger charge is -2.23. The molecule has 0 spiro atoms. The maximum Gasteiger partial charge on any atom is 0.332 e. The van der Waals surface area contributed by atoms with Gasteiger partial charge in [-0.2, -0.15) is 0 Å². The number of unbranched alkanes of at least 4 members (excludes halogenated alkanes) is 1. The van der Waals surface area contributed by atoms with E-state index in [1.165, 1.54) is 13.3 Å². The first-order chi connectivity index (χ1) is 26.9. The average Bonchev–Trinajstić information content (AvgIpc) is 3.48. The van der Waals surface area contributed by atoms with E-state index in [0.29, 0.717) is 41.5 Å². The van der Waals surface area contributed by atoms with Gasteiger partial charge in [0, 0.05) is 70.9 Å². The van der Waals surface area contributed by atoms with Crippen LogP contribution in [0.15, 0.2) is 90.1 Å². The number of hydrogen-bond acceptors (Lipinski definition) is 6. The van der Waals surface area contributed by atoms with Gasteiger partial charge in [0.2, 0.25) is 0 Å². The lowest BCUT2D eigenvalue weighted by atomic mass is 9.89. The summed E-state index contributed by atoms with van der Waals surface area (Å²) in [5, 5.41) is 8.43. The van der Waals surface area contributed by atoms with Crippen LogP contribution < -0.4 is 4.74 Å². The summed E-state index contributed by atoms with van der Waals surface area (Å²) in [4.78, 5) is 32.3. The molecule has 1 aromatic heterocycles. The third-order valence-corrected chi connectivity index (χ3v) is 11.2. The fourth-order valence-corrected chi connectivity index (χ4v) is 8.00. The number of hydrogen-bond donors (Lipinski definition) is 0. The molecule has 1 heterocycles. The highest BCUT2D eigenvalue weighted by atomic mass is 16.7. The summed E-state index contributed by atoms with van der Waals surface area (Å²) < 4.78 is 14.4. The lowest BCUT2D eigenvalue weighted by Crippen LogP contribution is -2.25. The summed E-state index contributed by atoms with van der Waals surface area (Å²) in [5.41, 5.74) is 8.28. The molecule has 0 saturated heterocycles. The Morgan fingerprint density at radius 3 is 2.20 bits per heavy atom. The maximum absolute atomic E-state index is 14.8. The molecule has 7 nitrogen and oxygen atoms in total. The molecule has 56 heavy (non-hydrogen) atoms. The molecule has 6 rings (SSSR count). The minimum Gasteiger partial charge on any atom is -0.493 e. The van der Waals surface area contributed by atoms with Gasteiger partial charge in [-0.15, -0.1) is 0 Å². The number of rotatable bonds is 16. The van der Waals surface area contributed by atoms with E-state index in [1.807, 2.05) is 64.1 Å². The molecule has 0 aliphatic heterocycles. The lowest BCUT2D eigenvalue weighted by molar-refractivity contribution is -0.140. The number of aryl methyl sites for hydroxylation is 3. The topological polar surface area (TPSA) is 79.1 Å². The molecule has 0 amide bonds. The largest absolute Gasteiger partial charge is 0.493 e. The van der Waals surface area contributed by atoms with Crippen LogP contribution in [0.2, 0.25) is 0 Å². The molecule has 0 radical (unpaired) electrons. The van der Waals surface area contributed by atoms with Gasteiger partial charge >= 0.3 is 5.97 Å². The Balaban J connectivity index is 1.61. The van der Waals surface area contributed by atoms with E-state index in [1.54, 1.807) is 7.11 Å². The van der Waals surface area contributed by atoms with Crippen molar-refractivity contribution in [1.29, 1.82) is 0 Å². The highest BCUT2D eigenvalue weighted by Gasteiger charge is 2.25. The normalized spacial score (nSPS) is 12.8. The van der Waals surface area contributed by atoms with Crippen molar-refractivity contribution in [2.75, 3.05) is 13.7 Å². The Bertz CT molecular complexity index is 2410. The minimum absolute atomic E-state index is 0.0179. The molecule has 7 heteroatoms. The summed E-state index contributed by atoms with van der Waals surface area (Å²) in [6, 6.07) is 28.6. The van der Waals surface area contributed by atoms with Crippen molar-refractivity contribution >= 4 is 50.0 Å². The van der Waals surface area contributed by atoms with Crippen molar-refractivity contribution in [1.82, 2.24) is 4.57 Å². The molecular weight excluding hydrogens is 697 g/mol. The van der Waals surface area contributed by atoms with Crippen molar-refractivity contribution < 1.29 is 23.9 Å². The van der Waals surface area contributed by atoms with Gasteiger partial charge in [0.25, 0.3) is 0 Å². The van der Waals surface area contributed by atoms with Gasteiger partial charge in [-0.3, -0.25) is 4.79 Å². The van der Waals surface area contributed by atoms with Crippen LogP contribution >= 0.6 is 0 Å². The van der Waals surface area contributed by atoms with Crippen LogP contribution in [0.5, 0.6) is 5.75 Å². The number of fused-ring (bicyclic) bond motifs is 5. The molecular formula is C49H56N2O5. The number of methoxy groups -OCH3 is 1. The van der Waals surface area contributed by atoms with Crippen LogP contribution in [0.1, 0.15) is 110 Å². The first-order valence-electron chi connectivity index (χ1n) is 20.0. The van der Waals surface area contributed by atoms with Gasteiger partial charge < -0.3 is 18.9 Å². The highest BCUT2D eigenvalue weighted by molar-refractivity contribution is 6.27. The molecule has 0 aliphatic carbocycles. The van der Waals surface area contributed by atoms with Crippen LogP contribution in [-0.2, 0) is 20.9 Å². The van der Waals surface area contributed by atoms with Gasteiger partial charge in [0.05, 0.1) is 17.7 Å². The summed E-state index contributed by atoms with van der Waals surface area (Å²) in [6.07, 6.45) is 5.21. The quantitative estimate of drug-likeness (QED) is 0.0426. The summed E-state index contributed by atoms with van der Waals surface area (Å²) in [7, 11) is 1.70. The number of benzene rings is 5. The number of ether oxygens (including phenoxy) is 2. The third kappa shape index (κ3) is 8.43. The molecule has 1 atom stereocenters. The minimum atomic E-state index is -0.519. The summed E-state index contributed by atoms with van der Waals surface area (Å²) in [5.74, 6) is 0.607. The zero-order chi connectivity index (χ0) is 40.1. The number of carbonyl (C=O) groups excluding carboxylic acids is 2. The number of aromatic nitrogens is 1. The monoisotopic (exact) mass is 752 g/mol. The van der Waals surface area contributed by atoms with Gasteiger partial charge in [0.1, 0.15) is 11.5 Å². The standard InChI is InChI=1S/C49H56N2O5/c1-10-12-17-35(11-2)30-51-43-23-22-36(46(50-56-34(6)52)39-20-15-16-21-44(39)55-25-24-49(7,8)54-9)28-40(43)41-29-42(37-18-13-14-19-38(37)47(41)51)48(53)45-32(4)26-31(3)27-33(45)5/h13-16,18-23,26-29,35H,10-12,17,24-25,30H2,1-9H3/b50-46+. The Hall–Kier alpha value is -5.27. The van der Waals surface area contributed by atoms with Crippen LogP contribution in [0.4, 0.5) is 0 Å². The van der Waals surface area contributed by atoms with Gasteiger partial charge in [0.15, 0.2) is 5.78 Å². The number of para-hydroxylation sites is 1. The molecule has 0 N–H and O–H groups in total. The molecule has 6 aromatic rings. The summed E-state index contributed by atoms with van der Waals surface area (Å²) in [6.45, 7) is 17.3. The van der Waals surface area contributed by atoms with E-state index in [-0.39, 0.29) is 11.4 Å². The fraction of sp³-hybridized carbons (Fsp3) is 0.367. The number of oxime groups is 1. The first kappa shape index (κ1) is 40.4. The van der Waals surface area contributed by atoms with Crippen LogP contribution in [-0.4, -0.2) is 41.3 Å². The van der Waals surface area contributed by atoms with Crippen LogP contribution in [0, 0.1) is 26.7 Å². The molecule has 0 aliphatic rings. The first-order valence-corrected chi connectivity index (χ1v) is 20.0. The molecule has 292 valence electrons. The smallest absolute Gasteiger partial charge is 0.332 e. The van der Waals surface area contributed by atoms with Crippen LogP contribution in [0.25, 0.3) is 32.6 Å². The van der Waals surface area contributed by atoms with E-state index < -0.39 is 5.97 Å². The number of nitrogens with zero attached hydrogens (tertiary/aromatic N) is 2. The molecule has 1 unspecified atom stereocenters. The second-order valence-corrected chi connectivity index (χ2v) is 15.8. The van der Waals surface area contributed by atoms with Crippen molar-refractivity contribution in [3.05, 3.63) is 124 Å². The summed E-state index contributed by atoms with van der Waals surface area (Å²) >= 11 is 0. The Kier molecular flexibility index (Phi) is 12.4. The van der Waals surface area contributed by atoms with E-state index in [9.17, 15) is 9.59 Å². The molecule has 5 aromatic carbocycles. The van der Waals surface area contributed by atoms with E-state index in [2.05, 4.69) is 79.0 Å². The van der Waals surface area contributed by atoms with Crippen molar-refractivity contribution in [3.8, 4) is 5.75 Å². The van der Waals surface area contributed by atoms with Crippen molar-refractivity contribution in [2.24, 2.45) is 11.1 Å². The van der Waals surface area contributed by atoms with E-state index in [0.717, 1.165) is 86.2 Å². The Labute approximate surface area is 331 Å². The van der Waals surface area contributed by atoms with Gasteiger partial charge in [-0.25, -0.2) is 4.79 Å². The second-order valence-electron chi connectivity index (χ2n) is 15.8. The fourth-order valence-electron chi connectivity index (χ4n) is 8.00. The van der Waals surface area contributed by atoms with Gasteiger partial charge in [-0.1, -0.05) is 98.4 Å². The second kappa shape index (κ2) is 17.3. The Morgan fingerprint density at radius 1 is 0.821 bits per heavy atom. The van der Waals surface area contributed by atoms with Gasteiger partial charge in [-0.05, 0) is 93.8 Å². The molecule has 0 saturated carbocycles. The zero-order valence-electron chi connectivity index (χ0n) is 34.5.